The van der Waals surface area contributed by atoms with Crippen LogP contribution in [0.1, 0.15) is 9.67 Å². The molecule has 110 valence electrons. The van der Waals surface area contributed by atoms with Gasteiger partial charge in [-0.25, -0.2) is 0 Å². The van der Waals surface area contributed by atoms with Crippen molar-refractivity contribution in [2.24, 2.45) is 10.9 Å². The van der Waals surface area contributed by atoms with Gasteiger partial charge in [-0.2, -0.15) is 0 Å². The van der Waals surface area contributed by atoms with Crippen LogP contribution in [0.15, 0.2) is 41.6 Å². The normalized spacial score (nSPS) is 11.2. The summed E-state index contributed by atoms with van der Waals surface area (Å²) in [6, 6.07) is 10.1. The molecule has 2 aromatic rings. The number of carbonyl (C=O) groups is 1. The molecule has 0 bridgehead atoms. The van der Waals surface area contributed by atoms with Crippen molar-refractivity contribution in [2.45, 2.75) is 0 Å². The van der Waals surface area contributed by atoms with Gasteiger partial charge in [0, 0.05) is 5.69 Å². The predicted molar refractivity (Wildman–Crippen MR) is 82.6 cm³/mol. The third-order valence-corrected chi connectivity index (χ3v) is 3.65. The summed E-state index contributed by atoms with van der Waals surface area (Å²) in [6.45, 7) is -0.0180. The molecule has 1 amide bonds. The highest BCUT2D eigenvalue weighted by Crippen LogP contribution is 2.23. The van der Waals surface area contributed by atoms with Gasteiger partial charge in [0.15, 0.2) is 5.84 Å². The summed E-state index contributed by atoms with van der Waals surface area (Å²) in [5.41, 5.74) is 5.92. The Kier molecular flexibility index (Phi) is 5.02. The van der Waals surface area contributed by atoms with E-state index in [4.69, 9.17) is 27.3 Å². The highest BCUT2D eigenvalue weighted by atomic mass is 35.5. The van der Waals surface area contributed by atoms with E-state index >= 15 is 0 Å². The van der Waals surface area contributed by atoms with Gasteiger partial charge in [0.25, 0.3) is 5.91 Å². The number of amidine groups is 1. The van der Waals surface area contributed by atoms with E-state index in [2.05, 4.69) is 10.5 Å². The maximum atomic E-state index is 11.9. The molecule has 1 aromatic carbocycles. The van der Waals surface area contributed by atoms with Gasteiger partial charge in [0.2, 0.25) is 0 Å². The molecule has 1 aromatic heterocycles. The van der Waals surface area contributed by atoms with Crippen LogP contribution in [0, 0.1) is 0 Å². The number of nitrogens with one attached hydrogen (secondary N) is 1. The first-order chi connectivity index (χ1) is 10.1. The van der Waals surface area contributed by atoms with Crippen molar-refractivity contribution in [3.63, 3.8) is 0 Å². The topological polar surface area (TPSA) is 96.9 Å². The molecule has 8 heteroatoms. The highest BCUT2D eigenvalue weighted by Gasteiger charge is 2.08. The molecular formula is C13H12ClN3O3S. The summed E-state index contributed by atoms with van der Waals surface area (Å²) < 4.78 is 5.82. The first kappa shape index (κ1) is 15.1. The van der Waals surface area contributed by atoms with Crippen LogP contribution in [0.25, 0.3) is 0 Å². The number of amides is 1. The standard InChI is InChI=1S/C13H12ClN3O3S/c14-11-6-5-10(21-11)13(18)16-8-1-3-9(4-2-8)20-7-12(15)17-19/h1-6,19H,7H2,(H2,15,17)(H,16,18). The van der Waals surface area contributed by atoms with Crippen LogP contribution in [0.2, 0.25) is 4.34 Å². The van der Waals surface area contributed by atoms with Crippen molar-refractivity contribution in [2.75, 3.05) is 11.9 Å². The molecule has 21 heavy (non-hydrogen) atoms. The Balaban J connectivity index is 1.94. The highest BCUT2D eigenvalue weighted by molar-refractivity contribution is 7.18. The van der Waals surface area contributed by atoms with E-state index in [1.54, 1.807) is 36.4 Å². The molecule has 6 nitrogen and oxygen atoms in total. The third-order valence-electron chi connectivity index (χ3n) is 2.42. The van der Waals surface area contributed by atoms with E-state index < -0.39 is 0 Å². The molecule has 2 rings (SSSR count). The molecule has 0 atom stereocenters. The first-order valence-electron chi connectivity index (χ1n) is 5.84. The lowest BCUT2D eigenvalue weighted by atomic mass is 10.3. The number of hydrogen-bond donors (Lipinski definition) is 3. The fourth-order valence-electron chi connectivity index (χ4n) is 1.45. The number of rotatable bonds is 5. The van der Waals surface area contributed by atoms with Crippen molar-refractivity contribution >= 4 is 40.4 Å². The minimum absolute atomic E-state index is 0.0180. The van der Waals surface area contributed by atoms with Gasteiger partial charge in [-0.15, -0.1) is 11.3 Å². The number of oxime groups is 1. The maximum Gasteiger partial charge on any atom is 0.265 e. The predicted octanol–water partition coefficient (Wildman–Crippen LogP) is 2.78. The number of benzene rings is 1. The smallest absolute Gasteiger partial charge is 0.265 e. The van der Waals surface area contributed by atoms with E-state index in [9.17, 15) is 4.79 Å². The molecule has 0 saturated carbocycles. The van der Waals surface area contributed by atoms with Crippen LogP contribution in [-0.2, 0) is 0 Å². The second-order valence-electron chi connectivity index (χ2n) is 3.96. The van der Waals surface area contributed by atoms with E-state index in [1.165, 1.54) is 11.3 Å². The van der Waals surface area contributed by atoms with E-state index in [-0.39, 0.29) is 18.3 Å². The number of nitrogens with zero attached hydrogens (tertiary/aromatic N) is 1. The zero-order chi connectivity index (χ0) is 15.2. The molecule has 4 N–H and O–H groups in total. The van der Waals surface area contributed by atoms with Gasteiger partial charge in [0.1, 0.15) is 12.4 Å². The number of carbonyl (C=O) groups excluding carboxylic acids is 1. The zero-order valence-corrected chi connectivity index (χ0v) is 12.3. The first-order valence-corrected chi connectivity index (χ1v) is 7.04. The Hall–Kier alpha value is -2.25. The second-order valence-corrected chi connectivity index (χ2v) is 5.68. The number of nitrogens with two attached hydrogens (primary N) is 1. The second kappa shape index (κ2) is 6.96. The van der Waals surface area contributed by atoms with E-state index in [0.29, 0.717) is 20.7 Å². The van der Waals surface area contributed by atoms with Crippen molar-refractivity contribution in [1.29, 1.82) is 0 Å². The zero-order valence-electron chi connectivity index (χ0n) is 10.7. The summed E-state index contributed by atoms with van der Waals surface area (Å²) in [5, 5.41) is 13.9. The Morgan fingerprint density at radius 3 is 2.62 bits per heavy atom. The average Bonchev–Trinajstić information content (AvgIpc) is 2.93. The number of ether oxygens (including phenoxy) is 1. The Labute approximate surface area is 129 Å². The fraction of sp³-hybridized carbons (Fsp3) is 0.0769. The molecule has 0 aliphatic heterocycles. The summed E-state index contributed by atoms with van der Waals surface area (Å²) in [7, 11) is 0. The lowest BCUT2D eigenvalue weighted by molar-refractivity contribution is 0.103. The van der Waals surface area contributed by atoms with Crippen molar-refractivity contribution in [1.82, 2.24) is 0 Å². The molecule has 0 spiro atoms. The largest absolute Gasteiger partial charge is 0.486 e. The average molecular weight is 326 g/mol. The molecule has 1 heterocycles. The van der Waals surface area contributed by atoms with Crippen LogP contribution in [0.4, 0.5) is 5.69 Å². The quantitative estimate of drug-likeness (QED) is 0.341. The lowest BCUT2D eigenvalue weighted by Crippen LogP contribution is -2.20. The third kappa shape index (κ3) is 4.37. The Bertz CT molecular complexity index is 655. The number of thiophene rings is 1. The van der Waals surface area contributed by atoms with Gasteiger partial charge in [-0.3, -0.25) is 4.79 Å². The minimum atomic E-state index is -0.225. The van der Waals surface area contributed by atoms with Gasteiger partial charge in [-0.05, 0) is 36.4 Å². The van der Waals surface area contributed by atoms with Crippen molar-refractivity contribution in [3.05, 3.63) is 45.6 Å². The number of halogens is 1. The summed E-state index contributed by atoms with van der Waals surface area (Å²) in [5.74, 6) is 0.290. The number of hydrogen-bond acceptors (Lipinski definition) is 5. The summed E-state index contributed by atoms with van der Waals surface area (Å²) in [4.78, 5) is 12.5. The van der Waals surface area contributed by atoms with Crippen LogP contribution in [0.5, 0.6) is 5.75 Å². The van der Waals surface area contributed by atoms with Crippen molar-refractivity contribution < 1.29 is 14.7 Å². The van der Waals surface area contributed by atoms with E-state index in [0.717, 1.165) is 0 Å². The van der Waals surface area contributed by atoms with Crippen LogP contribution < -0.4 is 15.8 Å². The molecule has 0 aliphatic rings. The summed E-state index contributed by atoms with van der Waals surface area (Å²) >= 11 is 6.99. The minimum Gasteiger partial charge on any atom is -0.486 e. The van der Waals surface area contributed by atoms with Crippen LogP contribution in [-0.4, -0.2) is 23.6 Å². The van der Waals surface area contributed by atoms with Crippen LogP contribution in [0.3, 0.4) is 0 Å². The van der Waals surface area contributed by atoms with Gasteiger partial charge in [-0.1, -0.05) is 16.8 Å². The Morgan fingerprint density at radius 2 is 2.05 bits per heavy atom. The Morgan fingerprint density at radius 1 is 1.33 bits per heavy atom. The van der Waals surface area contributed by atoms with E-state index in [1.807, 2.05) is 0 Å². The van der Waals surface area contributed by atoms with Gasteiger partial charge >= 0.3 is 0 Å². The molecule has 0 fully saturated rings. The fourth-order valence-corrected chi connectivity index (χ4v) is 2.39. The van der Waals surface area contributed by atoms with Gasteiger partial charge < -0.3 is 21.0 Å². The molecule has 0 saturated heterocycles. The van der Waals surface area contributed by atoms with Gasteiger partial charge in [0.05, 0.1) is 9.21 Å². The maximum absolute atomic E-state index is 11.9. The van der Waals surface area contributed by atoms with Crippen molar-refractivity contribution in [3.8, 4) is 5.75 Å². The lowest BCUT2D eigenvalue weighted by Gasteiger charge is -2.07. The molecule has 0 unspecified atom stereocenters. The summed E-state index contributed by atoms with van der Waals surface area (Å²) in [6.07, 6.45) is 0. The SMILES string of the molecule is NC(COc1ccc(NC(=O)c2ccc(Cl)s2)cc1)=NO. The monoisotopic (exact) mass is 325 g/mol. The molecular weight excluding hydrogens is 314 g/mol. The number of anilines is 1. The molecule has 0 aliphatic carbocycles. The molecule has 0 radical (unpaired) electrons. The van der Waals surface area contributed by atoms with Crippen LogP contribution >= 0.6 is 22.9 Å².